The van der Waals surface area contributed by atoms with Gasteiger partial charge in [0.1, 0.15) is 11.4 Å². The van der Waals surface area contributed by atoms with Gasteiger partial charge in [-0.15, -0.1) is 11.3 Å². The molecule has 10 nitrogen and oxygen atoms in total. The molecule has 1 saturated heterocycles. The van der Waals surface area contributed by atoms with Gasteiger partial charge in [-0.05, 0) is 107 Å². The Morgan fingerprint density at radius 2 is 1.69 bits per heavy atom. The van der Waals surface area contributed by atoms with Crippen LogP contribution in [0.1, 0.15) is 65.5 Å². The second-order valence-corrected chi connectivity index (χ2v) is 15.7. The largest absolute Gasteiger partial charge is 0.494 e. The third-order valence-corrected chi connectivity index (χ3v) is 10.2. The maximum atomic E-state index is 13.3. The van der Waals surface area contributed by atoms with E-state index in [4.69, 9.17) is 14.5 Å². The van der Waals surface area contributed by atoms with Crippen molar-refractivity contribution < 1.29 is 23.9 Å². The van der Waals surface area contributed by atoms with Crippen LogP contribution < -0.4 is 15.0 Å². The van der Waals surface area contributed by atoms with Crippen LogP contribution in [0.15, 0.2) is 66.7 Å². The lowest BCUT2D eigenvalue weighted by Crippen LogP contribution is -2.50. The van der Waals surface area contributed by atoms with E-state index in [1.54, 1.807) is 4.90 Å². The fraction of sp³-hybridized carbons (Fsp3) is 0.415. The highest BCUT2D eigenvalue weighted by atomic mass is 32.1. The SMILES string of the molecule is Cc1ccccc1C(=O)N1CCc2cc(-c3nc(NC(=O)Cc4cccc(OCCCCN5CCN(C(=O)OC(C)(C)C)CC5)c4)sc3C)ccc21. The Kier molecular flexibility index (Phi) is 11.6. The summed E-state index contributed by atoms with van der Waals surface area (Å²) in [4.78, 5) is 50.5. The predicted molar refractivity (Wildman–Crippen MR) is 207 cm³/mol. The summed E-state index contributed by atoms with van der Waals surface area (Å²) in [6, 6.07) is 21.5. The van der Waals surface area contributed by atoms with Crippen molar-refractivity contribution in [3.63, 3.8) is 0 Å². The molecule has 6 rings (SSSR count). The summed E-state index contributed by atoms with van der Waals surface area (Å²) in [6.45, 7) is 14.9. The molecule has 1 N–H and O–H groups in total. The number of benzene rings is 3. The molecule has 52 heavy (non-hydrogen) atoms. The summed E-state index contributed by atoms with van der Waals surface area (Å²) < 4.78 is 11.5. The first-order valence-corrected chi connectivity index (χ1v) is 19.0. The van der Waals surface area contributed by atoms with Gasteiger partial charge in [0, 0.05) is 54.4 Å². The lowest BCUT2D eigenvalue weighted by molar-refractivity contribution is -0.115. The molecule has 0 radical (unpaired) electrons. The van der Waals surface area contributed by atoms with Gasteiger partial charge < -0.3 is 24.6 Å². The van der Waals surface area contributed by atoms with Crippen LogP contribution in [0.5, 0.6) is 5.75 Å². The molecular formula is C41H49N5O5S. The lowest BCUT2D eigenvalue weighted by atomic mass is 10.0. The van der Waals surface area contributed by atoms with Gasteiger partial charge in [-0.25, -0.2) is 9.78 Å². The molecule has 2 aliphatic heterocycles. The quantitative estimate of drug-likeness (QED) is 0.160. The predicted octanol–water partition coefficient (Wildman–Crippen LogP) is 7.52. The summed E-state index contributed by atoms with van der Waals surface area (Å²) in [5.74, 6) is 0.639. The van der Waals surface area contributed by atoms with Crippen molar-refractivity contribution in [2.75, 3.05) is 56.1 Å². The number of thiazole rings is 1. The van der Waals surface area contributed by atoms with Gasteiger partial charge in [0.15, 0.2) is 5.13 Å². The van der Waals surface area contributed by atoms with Crippen LogP contribution >= 0.6 is 11.3 Å². The molecule has 0 aliphatic carbocycles. The highest BCUT2D eigenvalue weighted by Crippen LogP contribution is 2.36. The third-order valence-electron chi connectivity index (χ3n) is 9.34. The van der Waals surface area contributed by atoms with Gasteiger partial charge in [0.05, 0.1) is 18.7 Å². The smallest absolute Gasteiger partial charge is 0.410 e. The van der Waals surface area contributed by atoms with E-state index in [-0.39, 0.29) is 24.3 Å². The number of aromatic nitrogens is 1. The van der Waals surface area contributed by atoms with E-state index in [1.807, 2.05) is 100 Å². The average molecular weight is 724 g/mol. The molecular weight excluding hydrogens is 675 g/mol. The highest BCUT2D eigenvalue weighted by Gasteiger charge is 2.28. The normalized spacial score (nSPS) is 14.6. The van der Waals surface area contributed by atoms with Gasteiger partial charge in [-0.1, -0.05) is 36.4 Å². The maximum Gasteiger partial charge on any atom is 0.410 e. The Morgan fingerprint density at radius 3 is 2.46 bits per heavy atom. The van der Waals surface area contributed by atoms with Crippen LogP contribution in [0.2, 0.25) is 0 Å². The van der Waals surface area contributed by atoms with E-state index in [0.29, 0.717) is 31.4 Å². The van der Waals surface area contributed by atoms with Gasteiger partial charge in [-0.3, -0.25) is 14.5 Å². The zero-order chi connectivity index (χ0) is 36.8. The first kappa shape index (κ1) is 37.0. The number of fused-ring (bicyclic) bond motifs is 1. The molecule has 0 spiro atoms. The Morgan fingerprint density at radius 1 is 0.904 bits per heavy atom. The van der Waals surface area contributed by atoms with Gasteiger partial charge >= 0.3 is 6.09 Å². The molecule has 0 bridgehead atoms. The molecule has 1 fully saturated rings. The Hall–Kier alpha value is -4.74. The van der Waals surface area contributed by atoms with Crippen LogP contribution in [0.4, 0.5) is 15.6 Å². The Bertz CT molecular complexity index is 1910. The molecule has 11 heteroatoms. The Labute approximate surface area is 310 Å². The lowest BCUT2D eigenvalue weighted by Gasteiger charge is -2.35. The molecule has 2 aliphatic rings. The van der Waals surface area contributed by atoms with Crippen molar-refractivity contribution in [1.29, 1.82) is 0 Å². The van der Waals surface area contributed by atoms with Crippen LogP contribution in [0.3, 0.4) is 0 Å². The number of anilines is 2. The second-order valence-electron chi connectivity index (χ2n) is 14.5. The molecule has 3 aromatic carbocycles. The number of carbonyl (C=O) groups excluding carboxylic acids is 3. The molecule has 1 aromatic heterocycles. The number of nitrogens with one attached hydrogen (secondary N) is 1. The number of unbranched alkanes of at least 4 members (excludes halogenated alkanes) is 1. The summed E-state index contributed by atoms with van der Waals surface area (Å²) in [5, 5.41) is 3.55. The van der Waals surface area contributed by atoms with Crippen molar-refractivity contribution in [1.82, 2.24) is 14.8 Å². The first-order chi connectivity index (χ1) is 24.9. The van der Waals surface area contributed by atoms with Crippen molar-refractivity contribution in [3.8, 4) is 17.0 Å². The number of hydrogen-bond acceptors (Lipinski definition) is 8. The number of aryl methyl sites for hydroxylation is 2. The fourth-order valence-electron chi connectivity index (χ4n) is 6.64. The van der Waals surface area contributed by atoms with Crippen LogP contribution in [-0.4, -0.2) is 84.2 Å². The summed E-state index contributed by atoms with van der Waals surface area (Å²) in [7, 11) is 0. The Balaban J connectivity index is 0.948. The zero-order valence-corrected chi connectivity index (χ0v) is 31.7. The van der Waals surface area contributed by atoms with Crippen molar-refractivity contribution in [2.45, 2.75) is 65.9 Å². The van der Waals surface area contributed by atoms with Crippen LogP contribution in [0, 0.1) is 13.8 Å². The van der Waals surface area contributed by atoms with Crippen molar-refractivity contribution >= 4 is 40.1 Å². The van der Waals surface area contributed by atoms with E-state index >= 15 is 0 Å². The second kappa shape index (κ2) is 16.3. The maximum absolute atomic E-state index is 13.3. The van der Waals surface area contributed by atoms with Gasteiger partial charge in [-0.2, -0.15) is 0 Å². The molecule has 4 aromatic rings. The number of nitrogens with zero attached hydrogens (tertiary/aromatic N) is 4. The standard InChI is InChI=1S/C41H49N5O5S/c1-28-11-6-7-14-34(28)38(48)46-19-17-31-27-32(15-16-35(31)46)37-29(2)52-39(43-37)42-36(47)26-30-12-10-13-33(25-30)50-24-9-8-18-44-20-22-45(23-21-44)40(49)51-41(3,4)5/h6-7,10-16,25,27H,8-9,17-24,26H2,1-5H3,(H,42,43,47). The first-order valence-electron chi connectivity index (χ1n) is 18.1. The minimum absolute atomic E-state index is 0.0246. The molecule has 3 heterocycles. The molecule has 0 saturated carbocycles. The number of ether oxygens (including phenoxy) is 2. The molecule has 3 amide bonds. The van der Waals surface area contributed by atoms with E-state index in [1.165, 1.54) is 11.3 Å². The third kappa shape index (κ3) is 9.37. The van der Waals surface area contributed by atoms with Crippen molar-refractivity contribution in [2.24, 2.45) is 0 Å². The van der Waals surface area contributed by atoms with Gasteiger partial charge in [0.2, 0.25) is 5.91 Å². The number of hydrogen-bond donors (Lipinski definition) is 1. The highest BCUT2D eigenvalue weighted by molar-refractivity contribution is 7.16. The zero-order valence-electron chi connectivity index (χ0n) is 30.9. The van der Waals surface area contributed by atoms with E-state index in [0.717, 1.165) is 88.7 Å². The average Bonchev–Trinajstić information content (AvgIpc) is 3.70. The number of carbonyl (C=O) groups is 3. The molecule has 274 valence electrons. The van der Waals surface area contributed by atoms with Gasteiger partial charge in [0.25, 0.3) is 5.91 Å². The summed E-state index contributed by atoms with van der Waals surface area (Å²) in [6.07, 6.45) is 2.68. The monoisotopic (exact) mass is 723 g/mol. The topological polar surface area (TPSA) is 104 Å². The van der Waals surface area contributed by atoms with Crippen LogP contribution in [0.25, 0.3) is 11.3 Å². The minimum atomic E-state index is -0.478. The molecule has 0 unspecified atom stereocenters. The van der Waals surface area contributed by atoms with E-state index < -0.39 is 5.60 Å². The summed E-state index contributed by atoms with van der Waals surface area (Å²) in [5.41, 5.74) is 5.97. The fourth-order valence-corrected chi connectivity index (χ4v) is 7.49. The molecule has 0 atom stereocenters. The van der Waals surface area contributed by atoms with E-state index in [9.17, 15) is 14.4 Å². The van der Waals surface area contributed by atoms with E-state index in [2.05, 4.69) is 16.3 Å². The van der Waals surface area contributed by atoms with Crippen LogP contribution in [-0.2, 0) is 22.4 Å². The minimum Gasteiger partial charge on any atom is -0.494 e. The number of rotatable bonds is 11. The number of amides is 3. The summed E-state index contributed by atoms with van der Waals surface area (Å²) >= 11 is 1.46. The number of piperazine rings is 1. The van der Waals surface area contributed by atoms with Crippen molar-refractivity contribution in [3.05, 3.63) is 93.9 Å².